The van der Waals surface area contributed by atoms with Crippen molar-refractivity contribution < 1.29 is 4.79 Å². The molecule has 0 spiro atoms. The molecule has 0 atom stereocenters. The standard InChI is InChI=1S/C14H27N3O/c15-11-14(9-5-2-6-10-14)17-13(18)16-12-7-3-1-4-8-12/h12H,1-11,15H2,(H2,16,17,18). The Bertz CT molecular complexity index is 268. The molecular formula is C14H27N3O. The van der Waals surface area contributed by atoms with Gasteiger partial charge in [0.15, 0.2) is 0 Å². The molecule has 0 bridgehead atoms. The quantitative estimate of drug-likeness (QED) is 0.722. The van der Waals surface area contributed by atoms with Gasteiger partial charge in [0.25, 0.3) is 0 Å². The first-order chi connectivity index (χ1) is 8.74. The van der Waals surface area contributed by atoms with Crippen molar-refractivity contribution in [3.05, 3.63) is 0 Å². The summed E-state index contributed by atoms with van der Waals surface area (Å²) in [6.07, 6.45) is 11.7. The van der Waals surface area contributed by atoms with Crippen LogP contribution in [0.5, 0.6) is 0 Å². The summed E-state index contributed by atoms with van der Waals surface area (Å²) in [5.74, 6) is 0. The second kappa shape index (κ2) is 6.41. The number of rotatable bonds is 3. The fraction of sp³-hybridized carbons (Fsp3) is 0.929. The highest BCUT2D eigenvalue weighted by atomic mass is 16.2. The van der Waals surface area contributed by atoms with Crippen molar-refractivity contribution in [3.8, 4) is 0 Å². The van der Waals surface area contributed by atoms with Crippen LogP contribution in [0.2, 0.25) is 0 Å². The molecule has 18 heavy (non-hydrogen) atoms. The third-order valence-corrected chi connectivity index (χ3v) is 4.52. The lowest BCUT2D eigenvalue weighted by molar-refractivity contribution is 0.199. The smallest absolute Gasteiger partial charge is 0.315 e. The Morgan fingerprint density at radius 3 is 2.28 bits per heavy atom. The van der Waals surface area contributed by atoms with Crippen LogP contribution in [0.15, 0.2) is 0 Å². The Balaban J connectivity index is 1.81. The molecule has 104 valence electrons. The van der Waals surface area contributed by atoms with Crippen LogP contribution in [0.25, 0.3) is 0 Å². The minimum atomic E-state index is -0.142. The maximum absolute atomic E-state index is 12.1. The van der Waals surface area contributed by atoms with Gasteiger partial charge in [-0.3, -0.25) is 0 Å². The number of amides is 2. The zero-order valence-electron chi connectivity index (χ0n) is 11.3. The predicted molar refractivity (Wildman–Crippen MR) is 73.4 cm³/mol. The van der Waals surface area contributed by atoms with E-state index in [0.717, 1.165) is 25.7 Å². The largest absolute Gasteiger partial charge is 0.335 e. The van der Waals surface area contributed by atoms with Gasteiger partial charge in [-0.05, 0) is 25.7 Å². The van der Waals surface area contributed by atoms with Gasteiger partial charge < -0.3 is 16.4 Å². The average molecular weight is 253 g/mol. The van der Waals surface area contributed by atoms with Crippen molar-refractivity contribution in [1.82, 2.24) is 10.6 Å². The molecule has 0 aromatic rings. The van der Waals surface area contributed by atoms with E-state index in [-0.39, 0.29) is 11.6 Å². The predicted octanol–water partition coefficient (Wildman–Crippen LogP) is 2.28. The molecule has 2 fully saturated rings. The van der Waals surface area contributed by atoms with E-state index in [1.807, 2.05) is 0 Å². The summed E-state index contributed by atoms with van der Waals surface area (Å²) in [7, 11) is 0. The molecule has 2 amide bonds. The van der Waals surface area contributed by atoms with Crippen LogP contribution in [0, 0.1) is 0 Å². The number of hydrogen-bond acceptors (Lipinski definition) is 2. The van der Waals surface area contributed by atoms with Crippen LogP contribution in [0.3, 0.4) is 0 Å². The first kappa shape index (κ1) is 13.7. The fourth-order valence-electron chi connectivity index (χ4n) is 3.32. The normalized spacial score (nSPS) is 24.5. The van der Waals surface area contributed by atoms with Gasteiger partial charge in [-0.2, -0.15) is 0 Å². The van der Waals surface area contributed by atoms with Crippen molar-refractivity contribution in [1.29, 1.82) is 0 Å². The number of carbonyl (C=O) groups excluding carboxylic acids is 1. The number of carbonyl (C=O) groups is 1. The summed E-state index contributed by atoms with van der Waals surface area (Å²) in [6.45, 7) is 0.561. The van der Waals surface area contributed by atoms with E-state index >= 15 is 0 Å². The van der Waals surface area contributed by atoms with Crippen LogP contribution in [0.1, 0.15) is 64.2 Å². The van der Waals surface area contributed by atoms with Crippen molar-refractivity contribution >= 4 is 6.03 Å². The number of hydrogen-bond donors (Lipinski definition) is 3. The molecule has 2 aliphatic rings. The molecule has 4 heteroatoms. The highest BCUT2D eigenvalue weighted by Gasteiger charge is 2.32. The summed E-state index contributed by atoms with van der Waals surface area (Å²) in [6, 6.07) is 0.367. The molecule has 0 radical (unpaired) electrons. The van der Waals surface area contributed by atoms with Gasteiger partial charge in [0.2, 0.25) is 0 Å². The molecule has 4 nitrogen and oxygen atoms in total. The monoisotopic (exact) mass is 253 g/mol. The van der Waals surface area contributed by atoms with Gasteiger partial charge >= 0.3 is 6.03 Å². The van der Waals surface area contributed by atoms with Gasteiger partial charge in [0.1, 0.15) is 0 Å². The first-order valence-electron chi connectivity index (χ1n) is 7.53. The molecule has 0 saturated heterocycles. The van der Waals surface area contributed by atoms with Gasteiger partial charge in [-0.15, -0.1) is 0 Å². The Morgan fingerprint density at radius 1 is 1.06 bits per heavy atom. The van der Waals surface area contributed by atoms with E-state index in [9.17, 15) is 4.79 Å². The van der Waals surface area contributed by atoms with Gasteiger partial charge in [0, 0.05) is 12.6 Å². The molecule has 0 aliphatic heterocycles. The lowest BCUT2D eigenvalue weighted by Crippen LogP contribution is -2.58. The second-order valence-corrected chi connectivity index (χ2v) is 5.98. The Morgan fingerprint density at radius 2 is 1.67 bits per heavy atom. The van der Waals surface area contributed by atoms with Crippen LogP contribution >= 0.6 is 0 Å². The van der Waals surface area contributed by atoms with Crippen molar-refractivity contribution in [2.45, 2.75) is 75.8 Å². The highest BCUT2D eigenvalue weighted by molar-refractivity contribution is 5.75. The number of nitrogens with one attached hydrogen (secondary N) is 2. The number of urea groups is 1. The third kappa shape index (κ3) is 3.61. The molecule has 0 unspecified atom stereocenters. The molecule has 0 aromatic heterocycles. The van der Waals surface area contributed by atoms with E-state index in [1.54, 1.807) is 0 Å². The summed E-state index contributed by atoms with van der Waals surface area (Å²) in [5, 5.41) is 6.27. The number of nitrogens with two attached hydrogens (primary N) is 1. The third-order valence-electron chi connectivity index (χ3n) is 4.52. The maximum Gasteiger partial charge on any atom is 0.315 e. The van der Waals surface area contributed by atoms with E-state index in [4.69, 9.17) is 5.73 Å². The van der Waals surface area contributed by atoms with Crippen LogP contribution < -0.4 is 16.4 Å². The lowest BCUT2D eigenvalue weighted by atomic mass is 9.82. The molecule has 4 N–H and O–H groups in total. The maximum atomic E-state index is 12.1. The highest BCUT2D eigenvalue weighted by Crippen LogP contribution is 2.27. The van der Waals surface area contributed by atoms with E-state index in [2.05, 4.69) is 10.6 Å². The molecule has 2 aliphatic carbocycles. The zero-order chi connectivity index (χ0) is 12.8. The fourth-order valence-corrected chi connectivity index (χ4v) is 3.32. The average Bonchev–Trinajstić information content (AvgIpc) is 2.41. The van der Waals surface area contributed by atoms with E-state index in [0.29, 0.717) is 12.6 Å². The Hall–Kier alpha value is -0.770. The SMILES string of the molecule is NCC1(NC(=O)NC2CCCCC2)CCCCC1. The minimum Gasteiger partial charge on any atom is -0.335 e. The van der Waals surface area contributed by atoms with E-state index in [1.165, 1.54) is 38.5 Å². The van der Waals surface area contributed by atoms with Crippen molar-refractivity contribution in [3.63, 3.8) is 0 Å². The topological polar surface area (TPSA) is 67.1 Å². The summed E-state index contributed by atoms with van der Waals surface area (Å²) in [4.78, 5) is 12.1. The summed E-state index contributed by atoms with van der Waals surface area (Å²) in [5.41, 5.74) is 5.74. The summed E-state index contributed by atoms with van der Waals surface area (Å²) < 4.78 is 0. The molecule has 0 aromatic carbocycles. The van der Waals surface area contributed by atoms with Crippen molar-refractivity contribution in [2.75, 3.05) is 6.54 Å². The van der Waals surface area contributed by atoms with Gasteiger partial charge in [-0.25, -0.2) is 4.79 Å². The first-order valence-corrected chi connectivity index (χ1v) is 7.53. The van der Waals surface area contributed by atoms with Crippen LogP contribution in [-0.2, 0) is 0 Å². The molecule has 2 saturated carbocycles. The van der Waals surface area contributed by atoms with Gasteiger partial charge in [-0.1, -0.05) is 38.5 Å². The molecule has 2 rings (SSSR count). The van der Waals surface area contributed by atoms with Crippen LogP contribution in [0.4, 0.5) is 4.79 Å². The van der Waals surface area contributed by atoms with Crippen molar-refractivity contribution in [2.24, 2.45) is 5.73 Å². The Labute approximate surface area is 110 Å². The zero-order valence-corrected chi connectivity index (χ0v) is 11.3. The molecule has 0 heterocycles. The van der Waals surface area contributed by atoms with Gasteiger partial charge in [0.05, 0.1) is 5.54 Å². The summed E-state index contributed by atoms with van der Waals surface area (Å²) >= 11 is 0. The Kier molecular flexibility index (Phi) is 4.87. The second-order valence-electron chi connectivity index (χ2n) is 5.98. The minimum absolute atomic E-state index is 0.00532. The van der Waals surface area contributed by atoms with Crippen LogP contribution in [-0.4, -0.2) is 24.2 Å². The lowest BCUT2D eigenvalue weighted by Gasteiger charge is -2.37. The van der Waals surface area contributed by atoms with E-state index < -0.39 is 0 Å². The molecular weight excluding hydrogens is 226 g/mol.